The summed E-state index contributed by atoms with van der Waals surface area (Å²) < 4.78 is 2.05. The SMILES string of the molecule is CCn1nccc1CNC1Cc2ccccc2C1. The molecular formula is C15H19N3. The average molecular weight is 241 g/mol. The zero-order valence-electron chi connectivity index (χ0n) is 10.8. The molecule has 2 aromatic rings. The zero-order chi connectivity index (χ0) is 12.4. The molecule has 3 nitrogen and oxygen atoms in total. The van der Waals surface area contributed by atoms with Crippen LogP contribution in [-0.2, 0) is 25.9 Å². The van der Waals surface area contributed by atoms with Crippen LogP contribution in [0.5, 0.6) is 0 Å². The Kier molecular flexibility index (Phi) is 3.15. The van der Waals surface area contributed by atoms with Gasteiger partial charge >= 0.3 is 0 Å². The van der Waals surface area contributed by atoms with Gasteiger partial charge in [-0.05, 0) is 37.0 Å². The quantitative estimate of drug-likeness (QED) is 0.889. The van der Waals surface area contributed by atoms with Gasteiger partial charge < -0.3 is 5.32 Å². The third-order valence-corrected chi connectivity index (χ3v) is 3.73. The number of nitrogens with zero attached hydrogens (tertiary/aromatic N) is 2. The summed E-state index contributed by atoms with van der Waals surface area (Å²) in [5.74, 6) is 0. The summed E-state index contributed by atoms with van der Waals surface area (Å²) in [5.41, 5.74) is 4.27. The van der Waals surface area contributed by atoms with E-state index in [2.05, 4.69) is 52.4 Å². The molecular weight excluding hydrogens is 222 g/mol. The molecule has 3 rings (SSSR count). The number of hydrogen-bond donors (Lipinski definition) is 1. The van der Waals surface area contributed by atoms with E-state index in [-0.39, 0.29) is 0 Å². The van der Waals surface area contributed by atoms with Crippen molar-refractivity contribution in [1.29, 1.82) is 0 Å². The predicted octanol–water partition coefficient (Wildman–Crippen LogP) is 2.16. The molecule has 1 aromatic carbocycles. The molecule has 0 saturated carbocycles. The van der Waals surface area contributed by atoms with Gasteiger partial charge in [0.2, 0.25) is 0 Å². The Balaban J connectivity index is 1.60. The molecule has 0 bridgehead atoms. The number of hydrogen-bond acceptors (Lipinski definition) is 2. The van der Waals surface area contributed by atoms with E-state index < -0.39 is 0 Å². The Morgan fingerprint density at radius 1 is 1.22 bits per heavy atom. The Morgan fingerprint density at radius 2 is 1.94 bits per heavy atom. The lowest BCUT2D eigenvalue weighted by molar-refractivity contribution is 0.505. The van der Waals surface area contributed by atoms with Crippen molar-refractivity contribution in [2.45, 2.75) is 38.9 Å². The topological polar surface area (TPSA) is 29.9 Å². The summed E-state index contributed by atoms with van der Waals surface area (Å²) in [6.45, 7) is 3.98. The van der Waals surface area contributed by atoms with Crippen molar-refractivity contribution in [3.05, 3.63) is 53.3 Å². The van der Waals surface area contributed by atoms with Gasteiger partial charge in [-0.2, -0.15) is 5.10 Å². The van der Waals surface area contributed by atoms with Crippen molar-refractivity contribution in [2.75, 3.05) is 0 Å². The third kappa shape index (κ3) is 2.18. The summed E-state index contributed by atoms with van der Waals surface area (Å²) in [7, 11) is 0. The van der Waals surface area contributed by atoms with Crippen LogP contribution in [0.2, 0.25) is 0 Å². The van der Waals surface area contributed by atoms with Crippen molar-refractivity contribution in [3.8, 4) is 0 Å². The fraction of sp³-hybridized carbons (Fsp3) is 0.400. The molecule has 0 fully saturated rings. The lowest BCUT2D eigenvalue weighted by Crippen LogP contribution is -2.29. The Bertz CT molecular complexity index is 505. The first-order valence-electron chi connectivity index (χ1n) is 6.67. The molecule has 1 N–H and O–H groups in total. The van der Waals surface area contributed by atoms with Crippen LogP contribution < -0.4 is 5.32 Å². The van der Waals surface area contributed by atoms with Gasteiger partial charge in [0.05, 0.1) is 5.69 Å². The minimum Gasteiger partial charge on any atom is -0.308 e. The van der Waals surface area contributed by atoms with Crippen LogP contribution in [0.25, 0.3) is 0 Å². The smallest absolute Gasteiger partial charge is 0.0522 e. The van der Waals surface area contributed by atoms with Gasteiger partial charge in [0.1, 0.15) is 0 Å². The summed E-state index contributed by atoms with van der Waals surface area (Å²) in [6, 6.07) is 11.4. The van der Waals surface area contributed by atoms with Gasteiger partial charge in [0, 0.05) is 25.3 Å². The van der Waals surface area contributed by atoms with E-state index >= 15 is 0 Å². The number of benzene rings is 1. The molecule has 0 spiro atoms. The Labute approximate surface area is 108 Å². The molecule has 1 aliphatic carbocycles. The van der Waals surface area contributed by atoms with Crippen LogP contribution >= 0.6 is 0 Å². The molecule has 1 heterocycles. The standard InChI is InChI=1S/C15H19N3/c1-2-18-15(7-8-17-18)11-16-14-9-12-5-3-4-6-13(12)10-14/h3-8,14,16H,2,9-11H2,1H3. The van der Waals surface area contributed by atoms with Crippen LogP contribution in [0.4, 0.5) is 0 Å². The van der Waals surface area contributed by atoms with Crippen molar-refractivity contribution in [3.63, 3.8) is 0 Å². The molecule has 0 atom stereocenters. The van der Waals surface area contributed by atoms with Crippen molar-refractivity contribution >= 4 is 0 Å². The van der Waals surface area contributed by atoms with Gasteiger partial charge in [-0.25, -0.2) is 0 Å². The van der Waals surface area contributed by atoms with Gasteiger partial charge in [0.15, 0.2) is 0 Å². The highest BCUT2D eigenvalue weighted by atomic mass is 15.3. The van der Waals surface area contributed by atoms with Crippen LogP contribution in [0.15, 0.2) is 36.5 Å². The van der Waals surface area contributed by atoms with Crippen LogP contribution in [-0.4, -0.2) is 15.8 Å². The first-order valence-corrected chi connectivity index (χ1v) is 6.67. The minimum absolute atomic E-state index is 0.572. The lowest BCUT2D eigenvalue weighted by atomic mass is 10.1. The maximum absolute atomic E-state index is 4.30. The van der Waals surface area contributed by atoms with Gasteiger partial charge in [-0.15, -0.1) is 0 Å². The number of rotatable bonds is 4. The number of fused-ring (bicyclic) bond motifs is 1. The van der Waals surface area contributed by atoms with E-state index in [0.717, 1.165) is 25.9 Å². The maximum atomic E-state index is 4.30. The second-order valence-corrected chi connectivity index (χ2v) is 4.89. The number of aryl methyl sites for hydroxylation is 1. The predicted molar refractivity (Wildman–Crippen MR) is 72.4 cm³/mol. The summed E-state index contributed by atoms with van der Waals surface area (Å²) >= 11 is 0. The van der Waals surface area contributed by atoms with E-state index in [1.807, 2.05) is 6.20 Å². The lowest BCUT2D eigenvalue weighted by Gasteiger charge is -2.12. The first-order chi connectivity index (χ1) is 8.86. The van der Waals surface area contributed by atoms with Crippen LogP contribution in [0.3, 0.4) is 0 Å². The largest absolute Gasteiger partial charge is 0.308 e. The molecule has 0 unspecified atom stereocenters. The Hall–Kier alpha value is -1.61. The monoisotopic (exact) mass is 241 g/mol. The highest BCUT2D eigenvalue weighted by molar-refractivity contribution is 5.33. The second-order valence-electron chi connectivity index (χ2n) is 4.89. The molecule has 1 aliphatic rings. The van der Waals surface area contributed by atoms with E-state index in [9.17, 15) is 0 Å². The van der Waals surface area contributed by atoms with E-state index in [1.54, 1.807) is 0 Å². The number of aromatic nitrogens is 2. The van der Waals surface area contributed by atoms with Gasteiger partial charge in [-0.1, -0.05) is 24.3 Å². The fourth-order valence-electron chi connectivity index (χ4n) is 2.75. The molecule has 18 heavy (non-hydrogen) atoms. The normalized spacial score (nSPS) is 14.9. The van der Waals surface area contributed by atoms with Gasteiger partial charge in [0.25, 0.3) is 0 Å². The first kappa shape index (κ1) is 11.5. The van der Waals surface area contributed by atoms with Gasteiger partial charge in [-0.3, -0.25) is 4.68 Å². The second kappa shape index (κ2) is 4.94. The molecule has 0 radical (unpaired) electrons. The maximum Gasteiger partial charge on any atom is 0.0522 e. The highest BCUT2D eigenvalue weighted by Gasteiger charge is 2.20. The molecule has 0 saturated heterocycles. The summed E-state index contributed by atoms with van der Waals surface area (Å²) in [6.07, 6.45) is 4.18. The van der Waals surface area contributed by atoms with Crippen LogP contribution in [0, 0.1) is 0 Å². The minimum atomic E-state index is 0.572. The van der Waals surface area contributed by atoms with E-state index in [0.29, 0.717) is 6.04 Å². The van der Waals surface area contributed by atoms with Crippen molar-refractivity contribution in [1.82, 2.24) is 15.1 Å². The third-order valence-electron chi connectivity index (χ3n) is 3.73. The van der Waals surface area contributed by atoms with E-state index in [1.165, 1.54) is 16.8 Å². The van der Waals surface area contributed by atoms with Crippen molar-refractivity contribution < 1.29 is 0 Å². The molecule has 94 valence electrons. The average Bonchev–Trinajstić information content (AvgIpc) is 3.01. The van der Waals surface area contributed by atoms with E-state index in [4.69, 9.17) is 0 Å². The fourth-order valence-corrected chi connectivity index (χ4v) is 2.75. The molecule has 1 aromatic heterocycles. The molecule has 0 amide bonds. The zero-order valence-corrected chi connectivity index (χ0v) is 10.8. The number of nitrogens with one attached hydrogen (secondary N) is 1. The molecule has 0 aliphatic heterocycles. The summed E-state index contributed by atoms with van der Waals surface area (Å²) in [4.78, 5) is 0. The molecule has 3 heteroatoms. The van der Waals surface area contributed by atoms with Crippen LogP contribution in [0.1, 0.15) is 23.7 Å². The highest BCUT2D eigenvalue weighted by Crippen LogP contribution is 2.21. The summed E-state index contributed by atoms with van der Waals surface area (Å²) in [5, 5.41) is 7.94. The Morgan fingerprint density at radius 3 is 2.61 bits per heavy atom. The van der Waals surface area contributed by atoms with Crippen molar-refractivity contribution in [2.24, 2.45) is 0 Å².